The topological polar surface area (TPSA) is 72.3 Å². The highest BCUT2D eigenvalue weighted by atomic mass is 32.1. The van der Waals surface area contributed by atoms with E-state index < -0.39 is 11.8 Å². The van der Waals surface area contributed by atoms with E-state index in [9.17, 15) is 9.90 Å². The smallest absolute Gasteiger partial charge is 0.342 e. The minimum atomic E-state index is -1.84. The minimum Gasteiger partial charge on any atom is -0.421 e. The molecule has 1 aliphatic rings. The number of cyclic esters (lactones) is 1. The van der Waals surface area contributed by atoms with Crippen molar-refractivity contribution in [3.05, 3.63) is 100 Å². The van der Waals surface area contributed by atoms with Crippen LogP contribution in [0.25, 0.3) is 16.6 Å². The zero-order chi connectivity index (χ0) is 21.6. The maximum atomic E-state index is 13.1. The van der Waals surface area contributed by atoms with Crippen molar-refractivity contribution in [2.45, 2.75) is 26.1 Å². The molecule has 0 saturated heterocycles. The highest BCUT2D eigenvalue weighted by molar-refractivity contribution is 7.00. The van der Waals surface area contributed by atoms with Gasteiger partial charge >= 0.3 is 5.97 Å². The molecule has 6 heteroatoms. The molecule has 154 valence electrons. The van der Waals surface area contributed by atoms with Crippen LogP contribution in [0.1, 0.15) is 27.8 Å². The number of aliphatic hydroxyl groups is 1. The Morgan fingerprint density at radius 2 is 1.71 bits per heavy atom. The molecule has 0 saturated carbocycles. The third-order valence-electron chi connectivity index (χ3n) is 5.82. The molecule has 2 heterocycles. The van der Waals surface area contributed by atoms with Gasteiger partial charge in [0.05, 0.1) is 17.3 Å². The zero-order valence-corrected chi connectivity index (χ0v) is 17.9. The molecule has 4 aromatic rings. The Bertz CT molecular complexity index is 1340. The van der Waals surface area contributed by atoms with E-state index in [0.717, 1.165) is 33.9 Å². The van der Waals surface area contributed by atoms with Crippen molar-refractivity contribution in [3.8, 4) is 0 Å². The molecule has 5 nitrogen and oxygen atoms in total. The fourth-order valence-electron chi connectivity index (χ4n) is 3.96. The predicted molar refractivity (Wildman–Crippen MR) is 120 cm³/mol. The number of benzene rings is 3. The molecule has 0 fully saturated rings. The van der Waals surface area contributed by atoms with Gasteiger partial charge in [-0.1, -0.05) is 48.5 Å². The van der Waals surface area contributed by atoms with E-state index in [4.69, 9.17) is 4.74 Å². The van der Waals surface area contributed by atoms with Crippen molar-refractivity contribution >= 4 is 34.3 Å². The lowest BCUT2D eigenvalue weighted by atomic mass is 9.87. The van der Waals surface area contributed by atoms with Gasteiger partial charge in [-0.05, 0) is 54.3 Å². The van der Waals surface area contributed by atoms with Crippen LogP contribution < -0.4 is 0 Å². The van der Waals surface area contributed by atoms with Crippen LogP contribution in [0.3, 0.4) is 0 Å². The molecule has 1 N–H and O–H groups in total. The molecule has 1 aliphatic heterocycles. The maximum Gasteiger partial charge on any atom is 0.342 e. The highest BCUT2D eigenvalue weighted by Gasteiger charge is 2.48. The molecular formula is C25H20N2O3S. The van der Waals surface area contributed by atoms with Gasteiger partial charge in [0, 0.05) is 17.6 Å². The average Bonchev–Trinajstić information content (AvgIpc) is 3.33. The Morgan fingerprint density at radius 3 is 2.48 bits per heavy atom. The summed E-state index contributed by atoms with van der Waals surface area (Å²) < 4.78 is 14.2. The van der Waals surface area contributed by atoms with Crippen LogP contribution in [-0.4, -0.2) is 19.8 Å². The van der Waals surface area contributed by atoms with Gasteiger partial charge in [0.1, 0.15) is 11.0 Å². The summed E-state index contributed by atoms with van der Waals surface area (Å²) in [6.07, 6.45) is 0.374. The summed E-state index contributed by atoms with van der Waals surface area (Å²) in [6.45, 7) is 3.98. The lowest BCUT2D eigenvalue weighted by molar-refractivity contribution is -0.185. The van der Waals surface area contributed by atoms with Gasteiger partial charge < -0.3 is 9.84 Å². The maximum absolute atomic E-state index is 13.1. The van der Waals surface area contributed by atoms with E-state index in [1.54, 1.807) is 0 Å². The molecule has 5 rings (SSSR count). The molecule has 0 bridgehead atoms. The van der Waals surface area contributed by atoms with Crippen molar-refractivity contribution in [1.82, 2.24) is 8.75 Å². The van der Waals surface area contributed by atoms with E-state index in [2.05, 4.69) is 8.75 Å². The number of nitrogens with zero attached hydrogens (tertiary/aromatic N) is 2. The van der Waals surface area contributed by atoms with Gasteiger partial charge in [-0.3, -0.25) is 0 Å². The fourth-order valence-corrected chi connectivity index (χ4v) is 4.48. The quantitative estimate of drug-likeness (QED) is 0.477. The molecule has 0 amide bonds. The summed E-state index contributed by atoms with van der Waals surface area (Å²) in [5, 5.41) is 11.7. The Kier molecular flexibility index (Phi) is 4.68. The molecular weight excluding hydrogens is 408 g/mol. The Hall–Kier alpha value is -3.35. The molecule has 0 spiro atoms. The van der Waals surface area contributed by atoms with Crippen molar-refractivity contribution in [2.24, 2.45) is 0 Å². The molecule has 1 unspecified atom stereocenters. The summed E-state index contributed by atoms with van der Waals surface area (Å²) in [5.41, 5.74) is 6.69. The first-order valence-electron chi connectivity index (χ1n) is 9.99. The second-order valence-electron chi connectivity index (χ2n) is 7.82. The first-order chi connectivity index (χ1) is 15.0. The number of rotatable bonds is 4. The van der Waals surface area contributed by atoms with Gasteiger partial charge in [0.25, 0.3) is 5.79 Å². The summed E-state index contributed by atoms with van der Waals surface area (Å²) in [4.78, 5) is 13.1. The number of aromatic nitrogens is 2. The van der Waals surface area contributed by atoms with Crippen LogP contribution in [0, 0.1) is 13.8 Å². The van der Waals surface area contributed by atoms with E-state index in [1.807, 2.05) is 80.6 Å². The molecule has 1 atom stereocenters. The molecule has 31 heavy (non-hydrogen) atoms. The second kappa shape index (κ2) is 7.41. The zero-order valence-electron chi connectivity index (χ0n) is 17.1. The lowest BCUT2D eigenvalue weighted by Crippen LogP contribution is -2.30. The van der Waals surface area contributed by atoms with E-state index in [-0.39, 0.29) is 0 Å². The van der Waals surface area contributed by atoms with Crippen LogP contribution in [-0.2, 0) is 21.7 Å². The minimum absolute atomic E-state index is 0.374. The van der Waals surface area contributed by atoms with Crippen LogP contribution in [0.5, 0.6) is 0 Å². The number of fused-ring (bicyclic) bond motifs is 1. The highest BCUT2D eigenvalue weighted by Crippen LogP contribution is 2.45. The summed E-state index contributed by atoms with van der Waals surface area (Å²) in [7, 11) is 0. The predicted octanol–water partition coefficient (Wildman–Crippen LogP) is 4.71. The van der Waals surface area contributed by atoms with Crippen molar-refractivity contribution < 1.29 is 14.6 Å². The van der Waals surface area contributed by atoms with Crippen LogP contribution in [0.4, 0.5) is 0 Å². The van der Waals surface area contributed by atoms with Crippen molar-refractivity contribution in [1.29, 1.82) is 0 Å². The molecule has 0 radical (unpaired) electrons. The number of esters is 1. The fraction of sp³-hybridized carbons (Fsp3) is 0.160. The second-order valence-corrected chi connectivity index (χ2v) is 8.34. The number of hydrogen-bond donors (Lipinski definition) is 1. The van der Waals surface area contributed by atoms with Gasteiger partial charge in [0.15, 0.2) is 0 Å². The lowest BCUT2D eigenvalue weighted by Gasteiger charge is -2.26. The van der Waals surface area contributed by atoms with E-state index in [1.165, 1.54) is 0 Å². The standard InChI is InChI=1S/C25H20N2O3S/c1-15-8-10-19(12-16(15)2)25(29)20(13-17-6-4-3-5-7-17)23(24(28)30-25)18-9-11-21-22(14-18)27-31-26-21/h3-12,14,29H,13H2,1-2H3. The van der Waals surface area contributed by atoms with E-state index in [0.29, 0.717) is 34.2 Å². The monoisotopic (exact) mass is 428 g/mol. The number of ether oxygens (including phenoxy) is 1. The first kappa shape index (κ1) is 19.6. The number of hydrogen-bond acceptors (Lipinski definition) is 6. The van der Waals surface area contributed by atoms with Crippen LogP contribution in [0.15, 0.2) is 72.3 Å². The number of carbonyl (C=O) groups is 1. The Balaban J connectivity index is 1.72. The summed E-state index contributed by atoms with van der Waals surface area (Å²) in [5.74, 6) is -2.38. The molecule has 1 aromatic heterocycles. The third-order valence-corrected chi connectivity index (χ3v) is 6.38. The van der Waals surface area contributed by atoms with Crippen molar-refractivity contribution in [3.63, 3.8) is 0 Å². The van der Waals surface area contributed by atoms with Crippen LogP contribution >= 0.6 is 11.7 Å². The van der Waals surface area contributed by atoms with E-state index >= 15 is 0 Å². The summed E-state index contributed by atoms with van der Waals surface area (Å²) >= 11 is 1.13. The largest absolute Gasteiger partial charge is 0.421 e. The van der Waals surface area contributed by atoms with Crippen LogP contribution in [0.2, 0.25) is 0 Å². The Labute approximate surface area is 184 Å². The van der Waals surface area contributed by atoms with Gasteiger partial charge in [-0.2, -0.15) is 8.75 Å². The van der Waals surface area contributed by atoms with Gasteiger partial charge in [-0.15, -0.1) is 0 Å². The van der Waals surface area contributed by atoms with Gasteiger partial charge in [0.2, 0.25) is 0 Å². The number of aryl methyl sites for hydroxylation is 2. The van der Waals surface area contributed by atoms with Gasteiger partial charge in [-0.25, -0.2) is 4.79 Å². The molecule has 0 aliphatic carbocycles. The summed E-state index contributed by atoms with van der Waals surface area (Å²) in [6, 6.07) is 20.9. The third kappa shape index (κ3) is 3.34. The van der Waals surface area contributed by atoms with Crippen molar-refractivity contribution in [2.75, 3.05) is 0 Å². The Morgan fingerprint density at radius 1 is 0.935 bits per heavy atom. The first-order valence-corrected chi connectivity index (χ1v) is 10.7. The SMILES string of the molecule is Cc1ccc(C2(O)OC(=O)C(c3ccc4nsnc4c3)=C2Cc2ccccc2)cc1C. The number of carbonyl (C=O) groups excluding carboxylic acids is 1. The average molecular weight is 429 g/mol. The normalized spacial score (nSPS) is 18.6. The molecule has 3 aromatic carbocycles.